The molecule has 0 spiro atoms. The van der Waals surface area contributed by atoms with Gasteiger partial charge in [0, 0.05) is 12.2 Å². The molecule has 7 heteroatoms. The second-order valence-electron chi connectivity index (χ2n) is 2.97. The lowest BCUT2D eigenvalue weighted by atomic mass is 10.4. The van der Waals surface area contributed by atoms with Crippen LogP contribution in [0.3, 0.4) is 0 Å². The van der Waals surface area contributed by atoms with Crippen molar-refractivity contribution in [3.63, 3.8) is 0 Å². The Hall–Kier alpha value is -1.70. The lowest BCUT2D eigenvalue weighted by molar-refractivity contribution is -0.167. The number of aliphatic hydroxyl groups excluding tert-OH is 1. The molecule has 0 aliphatic rings. The number of aliphatic hydroxyl groups is 1. The molecule has 1 unspecified atom stereocenters. The number of carbonyl (C=O) groups excluding carboxylic acids is 2. The molecular formula is C11H16O7. The van der Waals surface area contributed by atoms with Gasteiger partial charge < -0.3 is 24.1 Å². The second-order valence-corrected chi connectivity index (χ2v) is 2.97. The van der Waals surface area contributed by atoms with E-state index in [2.05, 4.69) is 22.6 Å². The highest BCUT2D eigenvalue weighted by Crippen LogP contribution is 1.90. The van der Waals surface area contributed by atoms with Gasteiger partial charge in [-0.3, -0.25) is 0 Å². The van der Waals surface area contributed by atoms with E-state index in [0.29, 0.717) is 0 Å². The quantitative estimate of drug-likeness (QED) is 0.251. The molecule has 0 amide bonds. The maximum absolute atomic E-state index is 10.7. The van der Waals surface area contributed by atoms with Gasteiger partial charge in [-0.25, -0.2) is 9.59 Å². The van der Waals surface area contributed by atoms with Gasteiger partial charge in [0.25, 0.3) is 0 Å². The molecule has 18 heavy (non-hydrogen) atoms. The molecule has 1 N–H and O–H groups in total. The van der Waals surface area contributed by atoms with Gasteiger partial charge in [0.15, 0.2) is 13.6 Å². The van der Waals surface area contributed by atoms with Crippen molar-refractivity contribution in [1.82, 2.24) is 0 Å². The third kappa shape index (κ3) is 9.52. The number of rotatable bonds is 10. The fourth-order valence-corrected chi connectivity index (χ4v) is 0.721. The van der Waals surface area contributed by atoms with Crippen LogP contribution in [0.2, 0.25) is 0 Å². The van der Waals surface area contributed by atoms with Crippen LogP contribution in [-0.2, 0) is 28.5 Å². The normalized spacial score (nSPS) is 11.4. The molecule has 0 fully saturated rings. The number of carbonyl (C=O) groups is 2. The number of ether oxygens (including phenoxy) is 4. The van der Waals surface area contributed by atoms with E-state index in [1.165, 1.54) is 0 Å². The molecule has 0 rings (SSSR count). The molecule has 0 bridgehead atoms. The van der Waals surface area contributed by atoms with Gasteiger partial charge in [-0.2, -0.15) is 0 Å². The van der Waals surface area contributed by atoms with Crippen molar-refractivity contribution >= 4 is 11.9 Å². The van der Waals surface area contributed by atoms with E-state index in [0.717, 1.165) is 12.2 Å². The SMILES string of the molecule is C=CC(=O)OCOCOCC(O)COC(=O)C=C. The zero-order valence-corrected chi connectivity index (χ0v) is 9.87. The van der Waals surface area contributed by atoms with Gasteiger partial charge in [-0.15, -0.1) is 0 Å². The van der Waals surface area contributed by atoms with E-state index < -0.39 is 18.0 Å². The van der Waals surface area contributed by atoms with Crippen LogP contribution < -0.4 is 0 Å². The Morgan fingerprint density at radius 2 is 1.61 bits per heavy atom. The average Bonchev–Trinajstić information content (AvgIpc) is 2.39. The van der Waals surface area contributed by atoms with Crippen LogP contribution in [0.25, 0.3) is 0 Å². The van der Waals surface area contributed by atoms with Crippen LogP contribution >= 0.6 is 0 Å². The van der Waals surface area contributed by atoms with Crippen molar-refractivity contribution in [2.45, 2.75) is 6.10 Å². The number of hydrogen-bond acceptors (Lipinski definition) is 7. The van der Waals surface area contributed by atoms with Crippen LogP contribution in [0.1, 0.15) is 0 Å². The summed E-state index contributed by atoms with van der Waals surface area (Å²) < 4.78 is 18.7. The lowest BCUT2D eigenvalue weighted by Gasteiger charge is -2.11. The van der Waals surface area contributed by atoms with Gasteiger partial charge >= 0.3 is 11.9 Å². The maximum atomic E-state index is 10.7. The van der Waals surface area contributed by atoms with E-state index in [1.54, 1.807) is 0 Å². The molecule has 0 aromatic heterocycles. The standard InChI is InChI=1S/C11H16O7/c1-3-10(13)17-6-9(12)5-15-7-16-8-18-11(14)4-2/h3-4,9,12H,1-2,5-8H2. The first-order valence-corrected chi connectivity index (χ1v) is 5.02. The smallest absolute Gasteiger partial charge is 0.332 e. The Labute approximate surface area is 105 Å². The third-order valence-electron chi connectivity index (χ3n) is 1.51. The first-order chi connectivity index (χ1) is 8.60. The van der Waals surface area contributed by atoms with Crippen molar-refractivity contribution in [2.75, 3.05) is 26.8 Å². The molecule has 102 valence electrons. The van der Waals surface area contributed by atoms with Crippen LogP contribution in [0, 0.1) is 0 Å². The molecule has 0 saturated heterocycles. The second kappa shape index (κ2) is 10.5. The fourth-order valence-electron chi connectivity index (χ4n) is 0.721. The first-order valence-electron chi connectivity index (χ1n) is 5.02. The van der Waals surface area contributed by atoms with E-state index >= 15 is 0 Å². The fraction of sp³-hybridized carbons (Fsp3) is 0.455. The number of hydrogen-bond donors (Lipinski definition) is 1. The van der Waals surface area contributed by atoms with Gasteiger partial charge in [-0.1, -0.05) is 13.2 Å². The van der Waals surface area contributed by atoms with E-state index in [9.17, 15) is 14.7 Å². The minimum absolute atomic E-state index is 0.0835. The summed E-state index contributed by atoms with van der Waals surface area (Å²) in [6, 6.07) is 0. The Morgan fingerprint density at radius 1 is 1.00 bits per heavy atom. The summed E-state index contributed by atoms with van der Waals surface area (Å²) >= 11 is 0. The summed E-state index contributed by atoms with van der Waals surface area (Å²) in [5.74, 6) is -1.23. The molecule has 0 saturated carbocycles. The van der Waals surface area contributed by atoms with Crippen molar-refractivity contribution in [2.24, 2.45) is 0 Å². The largest absolute Gasteiger partial charge is 0.460 e. The zero-order valence-electron chi connectivity index (χ0n) is 9.87. The highest BCUT2D eigenvalue weighted by atomic mass is 16.7. The van der Waals surface area contributed by atoms with Crippen LogP contribution in [-0.4, -0.2) is 49.9 Å². The Balaban J connectivity index is 3.37. The zero-order chi connectivity index (χ0) is 13.8. The van der Waals surface area contributed by atoms with Crippen molar-refractivity contribution < 1.29 is 33.6 Å². The summed E-state index contributed by atoms with van der Waals surface area (Å²) in [5.41, 5.74) is 0. The summed E-state index contributed by atoms with van der Waals surface area (Å²) in [6.07, 6.45) is 1.03. The minimum atomic E-state index is -0.965. The highest BCUT2D eigenvalue weighted by molar-refractivity contribution is 5.81. The van der Waals surface area contributed by atoms with E-state index in [-0.39, 0.29) is 26.8 Å². The molecule has 0 aromatic rings. The van der Waals surface area contributed by atoms with Crippen LogP contribution in [0.5, 0.6) is 0 Å². The highest BCUT2D eigenvalue weighted by Gasteiger charge is 2.06. The van der Waals surface area contributed by atoms with Gasteiger partial charge in [0.2, 0.25) is 0 Å². The predicted molar refractivity (Wildman–Crippen MR) is 60.2 cm³/mol. The van der Waals surface area contributed by atoms with Gasteiger partial charge in [-0.05, 0) is 0 Å². The van der Waals surface area contributed by atoms with Crippen LogP contribution in [0.15, 0.2) is 25.3 Å². The predicted octanol–water partition coefficient (Wildman–Crippen LogP) is -0.246. The molecule has 7 nitrogen and oxygen atoms in total. The number of esters is 2. The molecule has 1 atom stereocenters. The molecule has 0 heterocycles. The topological polar surface area (TPSA) is 91.3 Å². The average molecular weight is 260 g/mol. The Bertz CT molecular complexity index is 287. The van der Waals surface area contributed by atoms with Crippen molar-refractivity contribution in [1.29, 1.82) is 0 Å². The molecular weight excluding hydrogens is 244 g/mol. The summed E-state index contributed by atoms with van der Waals surface area (Å²) in [6.45, 7) is 5.67. The molecule has 0 aromatic carbocycles. The summed E-state index contributed by atoms with van der Waals surface area (Å²) in [7, 11) is 0. The van der Waals surface area contributed by atoms with Gasteiger partial charge in [0.05, 0.1) is 6.61 Å². The Kier molecular flexibility index (Phi) is 9.47. The first kappa shape index (κ1) is 16.3. The van der Waals surface area contributed by atoms with Crippen molar-refractivity contribution in [3.05, 3.63) is 25.3 Å². The maximum Gasteiger partial charge on any atom is 0.332 e. The monoisotopic (exact) mass is 260 g/mol. The summed E-state index contributed by atoms with van der Waals surface area (Å²) in [5, 5.41) is 9.29. The van der Waals surface area contributed by atoms with Gasteiger partial charge in [0.1, 0.15) is 12.7 Å². The molecule has 0 aliphatic carbocycles. The Morgan fingerprint density at radius 3 is 2.22 bits per heavy atom. The molecule has 0 radical (unpaired) electrons. The van der Waals surface area contributed by atoms with Crippen molar-refractivity contribution in [3.8, 4) is 0 Å². The molecule has 0 aliphatic heterocycles. The van der Waals surface area contributed by atoms with Crippen LogP contribution in [0.4, 0.5) is 0 Å². The van der Waals surface area contributed by atoms with E-state index in [4.69, 9.17) is 9.47 Å². The lowest BCUT2D eigenvalue weighted by Crippen LogP contribution is -2.24. The third-order valence-corrected chi connectivity index (χ3v) is 1.51. The van der Waals surface area contributed by atoms with E-state index in [1.807, 2.05) is 0 Å². The minimum Gasteiger partial charge on any atom is -0.460 e. The summed E-state index contributed by atoms with van der Waals surface area (Å²) in [4.78, 5) is 21.2.